The van der Waals surface area contributed by atoms with E-state index in [1.54, 1.807) is 11.3 Å². The van der Waals surface area contributed by atoms with Gasteiger partial charge in [-0.15, -0.1) is 11.3 Å². The first-order valence-corrected chi connectivity index (χ1v) is 6.79. The molecule has 3 nitrogen and oxygen atoms in total. The lowest BCUT2D eigenvalue weighted by molar-refractivity contribution is 0.637. The first-order chi connectivity index (χ1) is 7.58. The van der Waals surface area contributed by atoms with Crippen LogP contribution in [0, 0.1) is 5.92 Å². The molecule has 1 aromatic rings. The Balaban J connectivity index is 2.80. The fourth-order valence-electron chi connectivity index (χ4n) is 1.75. The number of rotatable bonds is 6. The third kappa shape index (κ3) is 3.46. The smallest absolute Gasteiger partial charge is 0.185 e. The van der Waals surface area contributed by atoms with Crippen molar-refractivity contribution in [1.82, 2.24) is 4.98 Å². The molecule has 0 amide bonds. The van der Waals surface area contributed by atoms with E-state index in [0.29, 0.717) is 12.5 Å². The Kier molecular flexibility index (Phi) is 5.22. The zero-order valence-corrected chi connectivity index (χ0v) is 11.6. The molecule has 4 heteroatoms. The average molecular weight is 241 g/mol. The molecule has 0 aliphatic rings. The fraction of sp³-hybridized carbons (Fsp3) is 0.750. The van der Waals surface area contributed by atoms with Gasteiger partial charge in [0.1, 0.15) is 0 Å². The van der Waals surface area contributed by atoms with E-state index < -0.39 is 0 Å². The van der Waals surface area contributed by atoms with Crippen molar-refractivity contribution in [3.05, 3.63) is 10.6 Å². The van der Waals surface area contributed by atoms with Crippen LogP contribution in [0.3, 0.4) is 0 Å². The molecule has 0 spiro atoms. The molecule has 0 saturated carbocycles. The maximum atomic E-state index is 5.75. The Bertz CT molecular complexity index is 320. The average Bonchev–Trinajstić information content (AvgIpc) is 2.61. The van der Waals surface area contributed by atoms with E-state index in [-0.39, 0.29) is 0 Å². The maximum absolute atomic E-state index is 5.75. The van der Waals surface area contributed by atoms with Crippen molar-refractivity contribution < 1.29 is 0 Å². The standard InChI is InChI=1S/C12H23N3S/c1-5-6-10-11(7-13)16-12(14-10)15(4)8-9(2)3/h9H,5-8,13H2,1-4H3. The molecule has 0 bridgehead atoms. The molecule has 1 rings (SSSR count). The summed E-state index contributed by atoms with van der Waals surface area (Å²) in [5.41, 5.74) is 6.94. The van der Waals surface area contributed by atoms with Crippen LogP contribution in [0.2, 0.25) is 0 Å². The topological polar surface area (TPSA) is 42.2 Å². The van der Waals surface area contributed by atoms with Crippen LogP contribution >= 0.6 is 11.3 Å². The van der Waals surface area contributed by atoms with Gasteiger partial charge in [0, 0.05) is 25.0 Å². The maximum Gasteiger partial charge on any atom is 0.185 e. The van der Waals surface area contributed by atoms with Crippen LogP contribution in [0.25, 0.3) is 0 Å². The van der Waals surface area contributed by atoms with Crippen molar-refractivity contribution in [3.8, 4) is 0 Å². The molecule has 0 aliphatic heterocycles. The van der Waals surface area contributed by atoms with Gasteiger partial charge in [0.2, 0.25) is 0 Å². The number of nitrogens with two attached hydrogens (primary N) is 1. The monoisotopic (exact) mass is 241 g/mol. The first-order valence-electron chi connectivity index (χ1n) is 5.98. The lowest BCUT2D eigenvalue weighted by Crippen LogP contribution is -2.22. The van der Waals surface area contributed by atoms with Gasteiger partial charge in [0.15, 0.2) is 5.13 Å². The Morgan fingerprint density at radius 3 is 2.62 bits per heavy atom. The van der Waals surface area contributed by atoms with Gasteiger partial charge in [-0.3, -0.25) is 0 Å². The number of thiazole rings is 1. The molecule has 0 fully saturated rings. The normalized spacial score (nSPS) is 11.1. The Labute approximate surface area is 103 Å². The van der Waals surface area contributed by atoms with Gasteiger partial charge in [-0.25, -0.2) is 4.98 Å². The van der Waals surface area contributed by atoms with E-state index in [9.17, 15) is 0 Å². The molecule has 16 heavy (non-hydrogen) atoms. The summed E-state index contributed by atoms with van der Waals surface area (Å²) in [7, 11) is 2.11. The van der Waals surface area contributed by atoms with Crippen molar-refractivity contribution in [3.63, 3.8) is 0 Å². The Morgan fingerprint density at radius 2 is 2.12 bits per heavy atom. The van der Waals surface area contributed by atoms with Crippen molar-refractivity contribution in [2.24, 2.45) is 11.7 Å². The van der Waals surface area contributed by atoms with E-state index in [1.807, 2.05) is 0 Å². The molecule has 0 saturated heterocycles. The highest BCUT2D eigenvalue weighted by atomic mass is 32.1. The predicted molar refractivity (Wildman–Crippen MR) is 72.1 cm³/mol. The molecule has 0 unspecified atom stereocenters. The van der Waals surface area contributed by atoms with Crippen LogP contribution in [0.15, 0.2) is 0 Å². The summed E-state index contributed by atoms with van der Waals surface area (Å²) >= 11 is 1.74. The minimum absolute atomic E-state index is 0.614. The number of hydrogen-bond donors (Lipinski definition) is 1. The minimum atomic E-state index is 0.614. The van der Waals surface area contributed by atoms with E-state index in [2.05, 4.69) is 37.7 Å². The number of hydrogen-bond acceptors (Lipinski definition) is 4. The molecular formula is C12H23N3S. The molecule has 1 aromatic heterocycles. The zero-order chi connectivity index (χ0) is 12.1. The Morgan fingerprint density at radius 1 is 1.44 bits per heavy atom. The highest BCUT2D eigenvalue weighted by molar-refractivity contribution is 7.15. The molecule has 92 valence electrons. The second-order valence-corrected chi connectivity index (χ2v) is 5.66. The highest BCUT2D eigenvalue weighted by Crippen LogP contribution is 2.26. The predicted octanol–water partition coefficient (Wildman–Crippen LogP) is 2.65. The summed E-state index contributed by atoms with van der Waals surface area (Å²) in [5.74, 6) is 0.657. The molecule has 2 N–H and O–H groups in total. The van der Waals surface area contributed by atoms with Crippen LogP contribution in [-0.4, -0.2) is 18.6 Å². The van der Waals surface area contributed by atoms with Gasteiger partial charge >= 0.3 is 0 Å². The Hall–Kier alpha value is -0.610. The van der Waals surface area contributed by atoms with E-state index in [1.165, 1.54) is 10.6 Å². The first kappa shape index (κ1) is 13.5. The van der Waals surface area contributed by atoms with Crippen LogP contribution < -0.4 is 10.6 Å². The van der Waals surface area contributed by atoms with E-state index in [0.717, 1.165) is 24.5 Å². The molecule has 0 aromatic carbocycles. The lowest BCUT2D eigenvalue weighted by Gasteiger charge is -2.17. The van der Waals surface area contributed by atoms with Gasteiger partial charge in [0.05, 0.1) is 5.69 Å². The van der Waals surface area contributed by atoms with Crippen molar-refractivity contribution in [2.75, 3.05) is 18.5 Å². The molecule has 0 atom stereocenters. The second-order valence-electron chi connectivity index (χ2n) is 4.59. The number of aryl methyl sites for hydroxylation is 1. The molecule has 0 aliphatic carbocycles. The van der Waals surface area contributed by atoms with Gasteiger partial charge in [-0.1, -0.05) is 27.2 Å². The summed E-state index contributed by atoms with van der Waals surface area (Å²) < 4.78 is 0. The quantitative estimate of drug-likeness (QED) is 0.832. The lowest BCUT2D eigenvalue weighted by atomic mass is 10.2. The molecular weight excluding hydrogens is 218 g/mol. The summed E-state index contributed by atoms with van der Waals surface area (Å²) in [6.07, 6.45) is 2.17. The number of nitrogens with zero attached hydrogens (tertiary/aromatic N) is 2. The fourth-order valence-corrected chi connectivity index (χ4v) is 2.71. The third-order valence-electron chi connectivity index (χ3n) is 2.40. The van der Waals surface area contributed by atoms with Gasteiger partial charge in [-0.05, 0) is 12.3 Å². The van der Waals surface area contributed by atoms with Crippen LogP contribution in [-0.2, 0) is 13.0 Å². The van der Waals surface area contributed by atoms with Gasteiger partial charge in [0.25, 0.3) is 0 Å². The third-order valence-corrected chi connectivity index (χ3v) is 3.64. The molecule has 0 radical (unpaired) electrons. The number of anilines is 1. The zero-order valence-electron chi connectivity index (χ0n) is 10.8. The van der Waals surface area contributed by atoms with Crippen LogP contribution in [0.5, 0.6) is 0 Å². The highest BCUT2D eigenvalue weighted by Gasteiger charge is 2.13. The van der Waals surface area contributed by atoms with E-state index >= 15 is 0 Å². The SMILES string of the molecule is CCCc1nc(N(C)CC(C)C)sc1CN. The summed E-state index contributed by atoms with van der Waals surface area (Å²) in [4.78, 5) is 8.16. The summed E-state index contributed by atoms with van der Waals surface area (Å²) in [5, 5.41) is 1.11. The van der Waals surface area contributed by atoms with Gasteiger partial charge < -0.3 is 10.6 Å². The minimum Gasteiger partial charge on any atom is -0.351 e. The number of aromatic nitrogens is 1. The van der Waals surface area contributed by atoms with Crippen LogP contribution in [0.1, 0.15) is 37.8 Å². The van der Waals surface area contributed by atoms with Crippen molar-refractivity contribution in [2.45, 2.75) is 40.2 Å². The largest absolute Gasteiger partial charge is 0.351 e. The summed E-state index contributed by atoms with van der Waals surface area (Å²) in [6, 6.07) is 0. The summed E-state index contributed by atoms with van der Waals surface area (Å²) in [6.45, 7) is 8.28. The van der Waals surface area contributed by atoms with Crippen molar-refractivity contribution >= 4 is 16.5 Å². The van der Waals surface area contributed by atoms with Crippen LogP contribution in [0.4, 0.5) is 5.13 Å². The van der Waals surface area contributed by atoms with E-state index in [4.69, 9.17) is 5.73 Å². The van der Waals surface area contributed by atoms with Gasteiger partial charge in [-0.2, -0.15) is 0 Å². The second kappa shape index (κ2) is 6.21. The van der Waals surface area contributed by atoms with Crippen molar-refractivity contribution in [1.29, 1.82) is 0 Å². The molecule has 1 heterocycles.